The minimum Gasteiger partial charge on any atom is -0.388 e. The average molecular weight is 434 g/mol. The van der Waals surface area contributed by atoms with Gasteiger partial charge in [-0.25, -0.2) is 13.6 Å². The molecule has 0 unspecified atom stereocenters. The van der Waals surface area contributed by atoms with E-state index in [9.17, 15) is 18.3 Å². The third-order valence-corrected chi connectivity index (χ3v) is 5.94. The number of nitrogens with one attached hydrogen (secondary N) is 1. The molecule has 1 aliphatic heterocycles. The fourth-order valence-corrected chi connectivity index (χ4v) is 4.00. The van der Waals surface area contributed by atoms with E-state index in [2.05, 4.69) is 5.32 Å². The summed E-state index contributed by atoms with van der Waals surface area (Å²) in [5.41, 5.74) is 1.62. The molecule has 0 saturated carbocycles. The van der Waals surface area contributed by atoms with Crippen LogP contribution < -0.4 is 15.4 Å². The number of anilines is 1. The number of sulfonamides is 1. The van der Waals surface area contributed by atoms with Crippen LogP contribution in [0.5, 0.6) is 0 Å². The Bertz CT molecular complexity index is 975. The Morgan fingerprint density at radius 1 is 1.20 bits per heavy atom. The van der Waals surface area contributed by atoms with Crippen molar-refractivity contribution in [3.8, 4) is 0 Å². The van der Waals surface area contributed by atoms with Gasteiger partial charge in [0.25, 0.3) is 5.91 Å². The number of nitrogens with two attached hydrogens (primary N) is 1. The monoisotopic (exact) mass is 433 g/mol. The Labute approximate surface area is 176 Å². The molecule has 2 aromatic rings. The number of hydrogen-bond donors (Lipinski definition) is 3. The molecule has 9 heteroatoms. The van der Waals surface area contributed by atoms with Crippen molar-refractivity contribution in [2.24, 2.45) is 5.14 Å². The maximum atomic E-state index is 13.0. The highest BCUT2D eigenvalue weighted by atomic mass is 32.2. The Balaban J connectivity index is 1.80. The minimum absolute atomic E-state index is 0.123. The van der Waals surface area contributed by atoms with Gasteiger partial charge in [-0.05, 0) is 37.1 Å². The second-order valence-corrected chi connectivity index (χ2v) is 8.92. The van der Waals surface area contributed by atoms with Gasteiger partial charge in [-0.2, -0.15) is 0 Å². The lowest BCUT2D eigenvalue weighted by Gasteiger charge is -2.30. The topological polar surface area (TPSA) is 122 Å². The Morgan fingerprint density at radius 2 is 1.87 bits per heavy atom. The maximum Gasteiger partial charge on any atom is 0.253 e. The van der Waals surface area contributed by atoms with E-state index in [0.717, 1.165) is 5.56 Å². The number of carbonyl (C=O) groups is 1. The average Bonchev–Trinajstić information content (AvgIpc) is 2.73. The van der Waals surface area contributed by atoms with Gasteiger partial charge >= 0.3 is 0 Å². The first-order chi connectivity index (χ1) is 14.3. The van der Waals surface area contributed by atoms with Crippen LogP contribution in [0, 0.1) is 0 Å². The SMILES string of the molecule is C[C@H](C[C@@H](O)c1ccccc1)NC(=O)c1cc(S(N)(=O)=O)ccc1N1CCOCC1. The number of morpholine rings is 1. The van der Waals surface area contributed by atoms with E-state index in [-0.39, 0.29) is 16.5 Å². The third-order valence-electron chi connectivity index (χ3n) is 5.03. The molecule has 4 N–H and O–H groups in total. The summed E-state index contributed by atoms with van der Waals surface area (Å²) in [6.45, 7) is 4.03. The molecule has 2 aromatic carbocycles. The molecule has 1 fully saturated rings. The zero-order valence-corrected chi connectivity index (χ0v) is 17.6. The number of primary sulfonamides is 1. The molecule has 0 bridgehead atoms. The first-order valence-corrected chi connectivity index (χ1v) is 11.3. The summed E-state index contributed by atoms with van der Waals surface area (Å²) in [5.74, 6) is -0.422. The lowest BCUT2D eigenvalue weighted by Crippen LogP contribution is -2.39. The predicted molar refractivity (Wildman–Crippen MR) is 114 cm³/mol. The smallest absolute Gasteiger partial charge is 0.253 e. The van der Waals surface area contributed by atoms with Gasteiger partial charge in [0.05, 0.1) is 29.8 Å². The molecule has 3 rings (SSSR count). The summed E-state index contributed by atoms with van der Waals surface area (Å²) in [6.07, 6.45) is -0.409. The molecule has 30 heavy (non-hydrogen) atoms. The van der Waals surface area contributed by atoms with Crippen molar-refractivity contribution >= 4 is 21.6 Å². The number of amides is 1. The number of hydrogen-bond acceptors (Lipinski definition) is 6. The summed E-state index contributed by atoms with van der Waals surface area (Å²) in [6, 6.07) is 13.2. The van der Waals surface area contributed by atoms with Gasteiger partial charge in [0.15, 0.2) is 0 Å². The molecule has 0 spiro atoms. The van der Waals surface area contributed by atoms with Gasteiger partial charge in [0.2, 0.25) is 10.0 Å². The molecular weight excluding hydrogens is 406 g/mol. The zero-order chi connectivity index (χ0) is 21.7. The molecule has 0 aliphatic carbocycles. The third kappa shape index (κ3) is 5.57. The van der Waals surface area contributed by atoms with E-state index in [0.29, 0.717) is 38.4 Å². The zero-order valence-electron chi connectivity index (χ0n) is 16.8. The first-order valence-electron chi connectivity index (χ1n) is 9.79. The molecule has 2 atom stereocenters. The summed E-state index contributed by atoms with van der Waals surface area (Å²) in [5, 5.41) is 18.5. The van der Waals surface area contributed by atoms with Gasteiger partial charge in [0, 0.05) is 24.8 Å². The molecule has 1 heterocycles. The van der Waals surface area contributed by atoms with Gasteiger partial charge in [-0.3, -0.25) is 4.79 Å². The van der Waals surface area contributed by atoms with Crippen LogP contribution in [-0.2, 0) is 14.8 Å². The summed E-state index contributed by atoms with van der Waals surface area (Å²) >= 11 is 0. The standard InChI is InChI=1S/C21H27N3O5S/c1-15(13-20(25)16-5-3-2-4-6-16)23-21(26)18-14-17(30(22,27)28)7-8-19(18)24-9-11-29-12-10-24/h2-8,14-15,20,25H,9-13H2,1H3,(H,23,26)(H2,22,27,28)/t15-,20-/m1/s1. The number of aliphatic hydroxyl groups excluding tert-OH is 1. The number of aliphatic hydroxyl groups is 1. The van der Waals surface area contributed by atoms with E-state index >= 15 is 0 Å². The summed E-state index contributed by atoms with van der Waals surface area (Å²) < 4.78 is 29.0. The van der Waals surface area contributed by atoms with Crippen molar-refractivity contribution < 1.29 is 23.1 Å². The van der Waals surface area contributed by atoms with E-state index in [4.69, 9.17) is 9.88 Å². The number of benzene rings is 2. The predicted octanol–water partition coefficient (Wildman–Crippen LogP) is 1.41. The molecule has 0 aromatic heterocycles. The minimum atomic E-state index is -3.95. The van der Waals surface area contributed by atoms with Crippen molar-refractivity contribution in [1.82, 2.24) is 5.32 Å². The molecule has 1 amide bonds. The normalized spacial score (nSPS) is 16.7. The van der Waals surface area contributed by atoms with Crippen molar-refractivity contribution in [3.05, 3.63) is 59.7 Å². The van der Waals surface area contributed by atoms with E-state index < -0.39 is 22.0 Å². The lowest BCUT2D eigenvalue weighted by atomic mass is 10.0. The van der Waals surface area contributed by atoms with E-state index in [1.165, 1.54) is 12.1 Å². The number of nitrogens with zero attached hydrogens (tertiary/aromatic N) is 1. The quantitative estimate of drug-likeness (QED) is 0.607. The van der Waals surface area contributed by atoms with Crippen LogP contribution in [0.4, 0.5) is 5.69 Å². The van der Waals surface area contributed by atoms with Crippen LogP contribution in [0.15, 0.2) is 53.4 Å². The van der Waals surface area contributed by atoms with Crippen LogP contribution in [-0.4, -0.2) is 51.8 Å². The van der Waals surface area contributed by atoms with E-state index in [1.54, 1.807) is 13.0 Å². The Kier molecular flexibility index (Phi) is 7.09. The highest BCUT2D eigenvalue weighted by Gasteiger charge is 2.23. The second kappa shape index (κ2) is 9.57. The van der Waals surface area contributed by atoms with Crippen LogP contribution in [0.1, 0.15) is 35.4 Å². The summed E-state index contributed by atoms with van der Waals surface area (Å²) in [7, 11) is -3.95. The van der Waals surface area contributed by atoms with Gasteiger partial charge in [-0.15, -0.1) is 0 Å². The molecule has 1 saturated heterocycles. The van der Waals surface area contributed by atoms with Gasteiger partial charge < -0.3 is 20.1 Å². The van der Waals surface area contributed by atoms with Gasteiger partial charge in [-0.1, -0.05) is 30.3 Å². The van der Waals surface area contributed by atoms with Gasteiger partial charge in [0.1, 0.15) is 0 Å². The first kappa shape index (κ1) is 22.2. The molecule has 8 nitrogen and oxygen atoms in total. The van der Waals surface area contributed by atoms with Crippen molar-refractivity contribution in [2.45, 2.75) is 30.4 Å². The molecule has 0 radical (unpaired) electrons. The number of carbonyl (C=O) groups excluding carboxylic acids is 1. The molecule has 162 valence electrons. The fraction of sp³-hybridized carbons (Fsp3) is 0.381. The summed E-state index contributed by atoms with van der Waals surface area (Å²) in [4.78, 5) is 14.9. The highest BCUT2D eigenvalue weighted by molar-refractivity contribution is 7.89. The van der Waals surface area contributed by atoms with Crippen molar-refractivity contribution in [1.29, 1.82) is 0 Å². The van der Waals surface area contributed by atoms with Crippen LogP contribution in [0.25, 0.3) is 0 Å². The number of ether oxygens (including phenoxy) is 1. The maximum absolute atomic E-state index is 13.0. The van der Waals surface area contributed by atoms with Crippen molar-refractivity contribution in [2.75, 3.05) is 31.2 Å². The molecule has 1 aliphatic rings. The lowest BCUT2D eigenvalue weighted by molar-refractivity contribution is 0.0915. The Morgan fingerprint density at radius 3 is 2.50 bits per heavy atom. The van der Waals surface area contributed by atoms with Crippen LogP contribution in [0.3, 0.4) is 0 Å². The highest BCUT2D eigenvalue weighted by Crippen LogP contribution is 2.25. The fourth-order valence-electron chi connectivity index (χ4n) is 3.46. The van der Waals surface area contributed by atoms with Crippen LogP contribution in [0.2, 0.25) is 0 Å². The van der Waals surface area contributed by atoms with Crippen molar-refractivity contribution in [3.63, 3.8) is 0 Å². The molecular formula is C21H27N3O5S. The second-order valence-electron chi connectivity index (χ2n) is 7.36. The van der Waals surface area contributed by atoms with E-state index in [1.807, 2.05) is 35.2 Å². The Hall–Kier alpha value is -2.46. The largest absolute Gasteiger partial charge is 0.388 e. The number of rotatable bonds is 7. The van der Waals surface area contributed by atoms with Crippen LogP contribution >= 0.6 is 0 Å².